The van der Waals surface area contributed by atoms with Crippen LogP contribution in [-0.2, 0) is 25.5 Å². The summed E-state index contributed by atoms with van der Waals surface area (Å²) in [5.41, 5.74) is 3.32. The Hall–Kier alpha value is -3.22. The fourth-order valence-corrected chi connectivity index (χ4v) is 3.52. The highest BCUT2D eigenvalue weighted by Crippen LogP contribution is 2.32. The molecule has 7 heteroatoms. The quantitative estimate of drug-likeness (QED) is 0.769. The third-order valence-electron chi connectivity index (χ3n) is 5.08. The highest BCUT2D eigenvalue weighted by Gasteiger charge is 2.22. The van der Waals surface area contributed by atoms with E-state index in [2.05, 4.69) is 10.3 Å². The lowest BCUT2D eigenvalue weighted by Gasteiger charge is -2.15. The number of fused-ring (bicyclic) bond motifs is 4. The summed E-state index contributed by atoms with van der Waals surface area (Å²) in [4.78, 5) is 40.1. The van der Waals surface area contributed by atoms with Crippen LogP contribution in [0.3, 0.4) is 0 Å². The van der Waals surface area contributed by atoms with Crippen molar-refractivity contribution in [3.05, 3.63) is 47.8 Å². The van der Waals surface area contributed by atoms with Crippen LogP contribution in [0.2, 0.25) is 0 Å². The number of carboxylic acids is 1. The Kier molecular flexibility index (Phi) is 6.59. The number of hydrogen-bond acceptors (Lipinski definition) is 5. The molecule has 2 heterocycles. The Balaban J connectivity index is 2.06. The number of aromatic nitrogens is 1. The number of methoxy groups -OCH3 is 1. The second-order valence-electron chi connectivity index (χ2n) is 7.14. The number of benzene rings is 1. The molecule has 1 aliphatic rings. The zero-order valence-corrected chi connectivity index (χ0v) is 16.3. The van der Waals surface area contributed by atoms with Gasteiger partial charge in [0.2, 0.25) is 5.91 Å². The summed E-state index contributed by atoms with van der Waals surface area (Å²) in [5, 5.41) is 12.6. The fraction of sp³-hybridized carbons (Fsp3) is 0.364. The van der Waals surface area contributed by atoms with Crippen molar-refractivity contribution >= 4 is 23.5 Å². The number of amides is 1. The number of carbonyl (C=O) groups is 3. The summed E-state index contributed by atoms with van der Waals surface area (Å²) >= 11 is 0. The van der Waals surface area contributed by atoms with E-state index in [1.165, 1.54) is 7.11 Å². The number of nitrogens with one attached hydrogen (secondary N) is 1. The molecule has 1 aromatic heterocycles. The van der Waals surface area contributed by atoms with E-state index in [0.29, 0.717) is 37.1 Å². The van der Waals surface area contributed by atoms with Gasteiger partial charge in [0.1, 0.15) is 0 Å². The first kappa shape index (κ1) is 20.5. The number of carbonyl (C=O) groups excluding carboxylic acids is 2. The summed E-state index contributed by atoms with van der Waals surface area (Å²) in [6, 6.07) is 8.93. The molecule has 1 aliphatic heterocycles. The Labute approximate surface area is 169 Å². The number of ether oxygens (including phenoxy) is 1. The topological polar surface area (TPSA) is 106 Å². The van der Waals surface area contributed by atoms with Crippen molar-refractivity contribution in [3.63, 3.8) is 0 Å². The van der Waals surface area contributed by atoms with Gasteiger partial charge < -0.3 is 15.2 Å². The molecule has 7 nitrogen and oxygen atoms in total. The standard InChI is InChI=1S/C22H24N2O5/c1-29-21(26)12-14-7-8-16-15-9-10-23-18(13-15)17(22(27)28)5-3-2-4-6-20(25)24-19(16)11-14/h7-11,13,17H,2-6,12H2,1H3,(H,24,25)(H,27,28). The van der Waals surface area contributed by atoms with Crippen molar-refractivity contribution in [1.29, 1.82) is 0 Å². The molecular formula is C22H24N2O5. The van der Waals surface area contributed by atoms with Gasteiger partial charge in [0.25, 0.3) is 0 Å². The van der Waals surface area contributed by atoms with Crippen molar-refractivity contribution in [3.8, 4) is 11.1 Å². The van der Waals surface area contributed by atoms with Crippen LogP contribution in [0.15, 0.2) is 36.5 Å². The minimum Gasteiger partial charge on any atom is -0.481 e. The normalized spacial score (nSPS) is 17.0. The fourth-order valence-electron chi connectivity index (χ4n) is 3.52. The lowest BCUT2D eigenvalue weighted by Crippen LogP contribution is -2.13. The molecule has 2 aromatic rings. The maximum Gasteiger partial charge on any atom is 0.312 e. The third-order valence-corrected chi connectivity index (χ3v) is 5.08. The molecule has 1 aromatic carbocycles. The van der Waals surface area contributed by atoms with Gasteiger partial charge in [0, 0.05) is 23.9 Å². The van der Waals surface area contributed by atoms with E-state index in [1.54, 1.807) is 30.5 Å². The molecule has 3 rings (SSSR count). The molecule has 0 saturated carbocycles. The highest BCUT2D eigenvalue weighted by atomic mass is 16.5. The van der Waals surface area contributed by atoms with Gasteiger partial charge in [-0.2, -0.15) is 0 Å². The van der Waals surface area contributed by atoms with Gasteiger partial charge in [-0.1, -0.05) is 25.0 Å². The van der Waals surface area contributed by atoms with E-state index in [-0.39, 0.29) is 18.3 Å². The molecule has 2 N–H and O–H groups in total. The largest absolute Gasteiger partial charge is 0.481 e. The molecule has 1 unspecified atom stereocenters. The SMILES string of the molecule is COC(=O)Cc1ccc2c(c1)NC(=O)CCCCCC(C(=O)O)c1cc-2ccn1. The smallest absolute Gasteiger partial charge is 0.312 e. The van der Waals surface area contributed by atoms with Crippen molar-refractivity contribution in [2.24, 2.45) is 0 Å². The van der Waals surface area contributed by atoms with Gasteiger partial charge in [-0.15, -0.1) is 0 Å². The zero-order valence-electron chi connectivity index (χ0n) is 16.3. The second-order valence-corrected chi connectivity index (χ2v) is 7.14. The lowest BCUT2D eigenvalue weighted by atomic mass is 9.94. The number of rotatable bonds is 3. The van der Waals surface area contributed by atoms with E-state index in [0.717, 1.165) is 23.1 Å². The lowest BCUT2D eigenvalue weighted by molar-refractivity contribution is -0.140. The monoisotopic (exact) mass is 396 g/mol. The number of aliphatic carboxylic acids is 1. The summed E-state index contributed by atoms with van der Waals surface area (Å²) < 4.78 is 4.72. The number of anilines is 1. The molecule has 0 aliphatic carbocycles. The molecule has 0 fully saturated rings. The van der Waals surface area contributed by atoms with Crippen LogP contribution in [-0.4, -0.2) is 35.0 Å². The molecule has 1 amide bonds. The molecule has 1 atom stereocenters. The van der Waals surface area contributed by atoms with Gasteiger partial charge in [0.05, 0.1) is 25.1 Å². The average Bonchev–Trinajstić information content (AvgIpc) is 2.70. The first-order valence-corrected chi connectivity index (χ1v) is 9.66. The van der Waals surface area contributed by atoms with Crippen LogP contribution in [0.4, 0.5) is 5.69 Å². The minimum absolute atomic E-state index is 0.0995. The molecule has 0 spiro atoms. The summed E-state index contributed by atoms with van der Waals surface area (Å²) in [6.45, 7) is 0. The number of hydrogen-bond donors (Lipinski definition) is 2. The summed E-state index contributed by atoms with van der Waals surface area (Å²) in [5.74, 6) is -2.05. The van der Waals surface area contributed by atoms with E-state index in [1.807, 2.05) is 6.07 Å². The number of carboxylic acid groups (broad SMARTS) is 1. The number of esters is 1. The molecule has 29 heavy (non-hydrogen) atoms. The average molecular weight is 396 g/mol. The van der Waals surface area contributed by atoms with Crippen LogP contribution in [0.1, 0.15) is 49.3 Å². The predicted octanol–water partition coefficient (Wildman–Crippen LogP) is 3.53. The molecule has 0 radical (unpaired) electrons. The van der Waals surface area contributed by atoms with E-state index in [4.69, 9.17) is 4.74 Å². The van der Waals surface area contributed by atoms with E-state index >= 15 is 0 Å². The van der Waals surface area contributed by atoms with Gasteiger partial charge in [-0.05, 0) is 42.2 Å². The van der Waals surface area contributed by atoms with Crippen LogP contribution in [0.5, 0.6) is 0 Å². The van der Waals surface area contributed by atoms with Crippen LogP contribution < -0.4 is 5.32 Å². The van der Waals surface area contributed by atoms with Crippen LogP contribution >= 0.6 is 0 Å². The Morgan fingerprint density at radius 2 is 2.03 bits per heavy atom. The Morgan fingerprint density at radius 3 is 2.79 bits per heavy atom. The van der Waals surface area contributed by atoms with Gasteiger partial charge in [0.15, 0.2) is 0 Å². The first-order valence-electron chi connectivity index (χ1n) is 9.66. The van der Waals surface area contributed by atoms with Gasteiger partial charge in [-0.3, -0.25) is 19.4 Å². The first-order chi connectivity index (χ1) is 14.0. The van der Waals surface area contributed by atoms with E-state index in [9.17, 15) is 19.5 Å². The van der Waals surface area contributed by atoms with Crippen molar-refractivity contribution in [1.82, 2.24) is 4.98 Å². The van der Waals surface area contributed by atoms with Crippen LogP contribution in [0.25, 0.3) is 11.1 Å². The van der Waals surface area contributed by atoms with Crippen molar-refractivity contribution in [2.75, 3.05) is 12.4 Å². The zero-order chi connectivity index (χ0) is 20.8. The van der Waals surface area contributed by atoms with Crippen molar-refractivity contribution < 1.29 is 24.2 Å². The summed E-state index contributed by atoms with van der Waals surface area (Å²) in [6.07, 6.45) is 4.70. The van der Waals surface area contributed by atoms with Crippen LogP contribution in [0, 0.1) is 0 Å². The highest BCUT2D eigenvalue weighted by molar-refractivity contribution is 5.96. The number of nitrogens with zero attached hydrogens (tertiary/aromatic N) is 1. The Morgan fingerprint density at radius 1 is 1.21 bits per heavy atom. The predicted molar refractivity (Wildman–Crippen MR) is 107 cm³/mol. The minimum atomic E-state index is -0.896. The maximum absolute atomic E-state index is 12.4. The van der Waals surface area contributed by atoms with Crippen molar-refractivity contribution in [2.45, 2.75) is 44.4 Å². The third kappa shape index (κ3) is 5.19. The second kappa shape index (κ2) is 9.32. The molecule has 152 valence electrons. The van der Waals surface area contributed by atoms with Gasteiger partial charge >= 0.3 is 11.9 Å². The number of pyridine rings is 1. The Bertz CT molecular complexity index is 925. The molecule has 0 saturated heterocycles. The molecular weight excluding hydrogens is 372 g/mol. The van der Waals surface area contributed by atoms with E-state index < -0.39 is 11.9 Å². The molecule has 2 bridgehead atoms. The van der Waals surface area contributed by atoms with Gasteiger partial charge in [-0.25, -0.2) is 0 Å². The summed E-state index contributed by atoms with van der Waals surface area (Å²) in [7, 11) is 1.33. The maximum atomic E-state index is 12.4.